The molecule has 1 aliphatic rings. The van der Waals surface area contributed by atoms with E-state index in [1.54, 1.807) is 6.08 Å². The third kappa shape index (κ3) is 4.69. The SMILES string of the molecule is COC(=O)[C@H]1C=C[C@@H](C)[C@@H](CCOCc2ccccc2)O1. The van der Waals surface area contributed by atoms with Gasteiger partial charge >= 0.3 is 5.97 Å². The molecule has 4 nitrogen and oxygen atoms in total. The lowest BCUT2D eigenvalue weighted by molar-refractivity contribution is -0.157. The fourth-order valence-electron chi connectivity index (χ4n) is 2.30. The number of carbonyl (C=O) groups excluding carboxylic acids is 1. The summed E-state index contributed by atoms with van der Waals surface area (Å²) in [6.07, 6.45) is 3.91. The number of ether oxygens (including phenoxy) is 3. The molecule has 1 aliphatic heterocycles. The molecule has 21 heavy (non-hydrogen) atoms. The van der Waals surface area contributed by atoms with Crippen molar-refractivity contribution >= 4 is 5.97 Å². The van der Waals surface area contributed by atoms with Crippen LogP contribution in [0.15, 0.2) is 42.5 Å². The number of hydrogen-bond acceptors (Lipinski definition) is 4. The van der Waals surface area contributed by atoms with E-state index in [1.165, 1.54) is 7.11 Å². The van der Waals surface area contributed by atoms with Gasteiger partial charge in [-0.25, -0.2) is 4.79 Å². The van der Waals surface area contributed by atoms with Gasteiger partial charge in [-0.15, -0.1) is 0 Å². The van der Waals surface area contributed by atoms with E-state index in [0.29, 0.717) is 13.2 Å². The minimum absolute atomic E-state index is 0.0186. The number of carbonyl (C=O) groups is 1. The number of methoxy groups -OCH3 is 1. The minimum atomic E-state index is -0.592. The van der Waals surface area contributed by atoms with Crippen molar-refractivity contribution in [3.05, 3.63) is 48.0 Å². The Morgan fingerprint density at radius 3 is 2.71 bits per heavy atom. The van der Waals surface area contributed by atoms with Crippen LogP contribution in [0.25, 0.3) is 0 Å². The summed E-state index contributed by atoms with van der Waals surface area (Å²) >= 11 is 0. The summed E-state index contributed by atoms with van der Waals surface area (Å²) in [6.45, 7) is 3.27. The maximum atomic E-state index is 11.5. The van der Waals surface area contributed by atoms with Gasteiger partial charge < -0.3 is 14.2 Å². The van der Waals surface area contributed by atoms with Crippen molar-refractivity contribution in [3.8, 4) is 0 Å². The van der Waals surface area contributed by atoms with Crippen molar-refractivity contribution in [2.24, 2.45) is 5.92 Å². The quantitative estimate of drug-likeness (QED) is 0.459. The zero-order valence-corrected chi connectivity index (χ0v) is 12.5. The van der Waals surface area contributed by atoms with E-state index in [-0.39, 0.29) is 18.0 Å². The molecule has 0 saturated heterocycles. The van der Waals surface area contributed by atoms with Crippen molar-refractivity contribution in [1.82, 2.24) is 0 Å². The molecule has 0 saturated carbocycles. The lowest BCUT2D eigenvalue weighted by Gasteiger charge is -2.29. The van der Waals surface area contributed by atoms with E-state index in [1.807, 2.05) is 36.4 Å². The van der Waals surface area contributed by atoms with Crippen LogP contribution in [0, 0.1) is 5.92 Å². The third-order valence-electron chi connectivity index (χ3n) is 3.59. The molecule has 0 aliphatic carbocycles. The summed E-state index contributed by atoms with van der Waals surface area (Å²) in [5.74, 6) is -0.0837. The Labute approximate surface area is 125 Å². The molecule has 0 radical (unpaired) electrons. The fraction of sp³-hybridized carbons (Fsp3) is 0.471. The smallest absolute Gasteiger partial charge is 0.339 e. The summed E-state index contributed by atoms with van der Waals surface area (Å²) in [7, 11) is 1.37. The van der Waals surface area contributed by atoms with Crippen molar-refractivity contribution in [3.63, 3.8) is 0 Å². The molecular weight excluding hydrogens is 268 g/mol. The lowest BCUT2D eigenvalue weighted by atomic mass is 9.98. The predicted molar refractivity (Wildman–Crippen MR) is 79.7 cm³/mol. The molecule has 0 bridgehead atoms. The topological polar surface area (TPSA) is 44.8 Å². The molecule has 1 aromatic rings. The molecule has 1 aromatic carbocycles. The average molecular weight is 290 g/mol. The molecule has 4 heteroatoms. The highest BCUT2D eigenvalue weighted by molar-refractivity contribution is 5.76. The number of esters is 1. The molecule has 0 unspecified atom stereocenters. The second-order valence-electron chi connectivity index (χ2n) is 5.19. The molecule has 0 fully saturated rings. The molecule has 114 valence electrons. The van der Waals surface area contributed by atoms with Crippen molar-refractivity contribution in [2.75, 3.05) is 13.7 Å². The summed E-state index contributed by atoms with van der Waals surface area (Å²) in [6, 6.07) is 10.1. The van der Waals surface area contributed by atoms with E-state index in [0.717, 1.165) is 12.0 Å². The highest BCUT2D eigenvalue weighted by Crippen LogP contribution is 2.22. The molecule has 0 spiro atoms. The first-order valence-corrected chi connectivity index (χ1v) is 7.24. The van der Waals surface area contributed by atoms with Gasteiger partial charge in [0.1, 0.15) is 0 Å². The van der Waals surface area contributed by atoms with Crippen LogP contribution >= 0.6 is 0 Å². The molecule has 0 N–H and O–H groups in total. The highest BCUT2D eigenvalue weighted by atomic mass is 16.6. The van der Waals surface area contributed by atoms with Gasteiger partial charge in [0.25, 0.3) is 0 Å². The van der Waals surface area contributed by atoms with Gasteiger partial charge in [0.2, 0.25) is 0 Å². The van der Waals surface area contributed by atoms with Gasteiger partial charge in [0.05, 0.1) is 19.8 Å². The summed E-state index contributed by atoms with van der Waals surface area (Å²) < 4.78 is 16.1. The van der Waals surface area contributed by atoms with Gasteiger partial charge in [0.15, 0.2) is 6.10 Å². The van der Waals surface area contributed by atoms with E-state index in [9.17, 15) is 4.79 Å². The van der Waals surface area contributed by atoms with Crippen molar-refractivity contribution in [2.45, 2.75) is 32.2 Å². The minimum Gasteiger partial charge on any atom is -0.467 e. The second-order valence-corrected chi connectivity index (χ2v) is 5.19. The summed E-state index contributed by atoms with van der Waals surface area (Å²) in [5.41, 5.74) is 1.16. The van der Waals surface area contributed by atoms with E-state index in [2.05, 4.69) is 6.92 Å². The van der Waals surface area contributed by atoms with Gasteiger partial charge in [0, 0.05) is 12.5 Å². The summed E-state index contributed by atoms with van der Waals surface area (Å²) in [4.78, 5) is 11.5. The van der Waals surface area contributed by atoms with Gasteiger partial charge in [-0.3, -0.25) is 0 Å². The highest BCUT2D eigenvalue weighted by Gasteiger charge is 2.28. The second kappa shape index (κ2) is 7.96. The monoisotopic (exact) mass is 290 g/mol. The van der Waals surface area contributed by atoms with Gasteiger partial charge in [-0.2, -0.15) is 0 Å². The molecule has 0 aromatic heterocycles. The van der Waals surface area contributed by atoms with E-state index in [4.69, 9.17) is 14.2 Å². The zero-order chi connectivity index (χ0) is 15.1. The number of rotatable bonds is 6. The van der Waals surface area contributed by atoms with E-state index < -0.39 is 6.10 Å². The number of hydrogen-bond donors (Lipinski definition) is 0. The molecule has 1 heterocycles. The first-order chi connectivity index (χ1) is 10.2. The van der Waals surface area contributed by atoms with Crippen LogP contribution in [0.5, 0.6) is 0 Å². The van der Waals surface area contributed by atoms with Crippen LogP contribution in [0.1, 0.15) is 18.9 Å². The Bertz CT molecular complexity index is 469. The number of benzene rings is 1. The molecule has 3 atom stereocenters. The Balaban J connectivity index is 1.75. The fourth-order valence-corrected chi connectivity index (χ4v) is 2.30. The average Bonchev–Trinajstić information content (AvgIpc) is 2.53. The van der Waals surface area contributed by atoms with E-state index >= 15 is 0 Å². The summed E-state index contributed by atoms with van der Waals surface area (Å²) in [5, 5.41) is 0. The Kier molecular flexibility index (Phi) is 5.96. The molecule has 0 amide bonds. The van der Waals surface area contributed by atoms with Gasteiger partial charge in [-0.1, -0.05) is 43.3 Å². The van der Waals surface area contributed by atoms with Crippen LogP contribution in [-0.2, 0) is 25.6 Å². The van der Waals surface area contributed by atoms with Crippen molar-refractivity contribution in [1.29, 1.82) is 0 Å². The lowest BCUT2D eigenvalue weighted by Crippen LogP contribution is -2.36. The molecular formula is C17H22O4. The van der Waals surface area contributed by atoms with Gasteiger partial charge in [-0.05, 0) is 18.1 Å². The standard InChI is InChI=1S/C17H22O4/c1-13-8-9-16(17(18)19-2)21-15(13)10-11-20-12-14-6-4-3-5-7-14/h3-9,13,15-16H,10-12H2,1-2H3/t13-,15-,16-/m1/s1. The Morgan fingerprint density at radius 2 is 2.00 bits per heavy atom. The van der Waals surface area contributed by atoms with Crippen molar-refractivity contribution < 1.29 is 19.0 Å². The Morgan fingerprint density at radius 1 is 1.24 bits per heavy atom. The van der Waals surface area contributed by atoms with Crippen LogP contribution in [0.4, 0.5) is 0 Å². The van der Waals surface area contributed by atoms with Crippen LogP contribution < -0.4 is 0 Å². The third-order valence-corrected chi connectivity index (χ3v) is 3.59. The molecule has 2 rings (SSSR count). The first-order valence-electron chi connectivity index (χ1n) is 7.24. The van der Waals surface area contributed by atoms with Crippen LogP contribution in [-0.4, -0.2) is 31.9 Å². The predicted octanol–water partition coefficient (Wildman–Crippen LogP) is 2.73. The van der Waals surface area contributed by atoms with Crippen LogP contribution in [0.3, 0.4) is 0 Å². The largest absolute Gasteiger partial charge is 0.467 e. The first kappa shape index (κ1) is 15.7. The normalized spacial score (nSPS) is 24.8. The Hall–Kier alpha value is -1.65. The van der Waals surface area contributed by atoms with Crippen LogP contribution in [0.2, 0.25) is 0 Å². The zero-order valence-electron chi connectivity index (χ0n) is 12.5. The maximum absolute atomic E-state index is 11.5. The maximum Gasteiger partial charge on any atom is 0.339 e.